The summed E-state index contributed by atoms with van der Waals surface area (Å²) in [7, 11) is 1.27. The Morgan fingerprint density at radius 3 is 2.41 bits per heavy atom. The van der Waals surface area contributed by atoms with E-state index in [1.807, 2.05) is 13.8 Å². The number of nitro groups is 1. The van der Waals surface area contributed by atoms with E-state index in [-0.39, 0.29) is 22.9 Å². The molecule has 1 rings (SSSR count). The number of nitrogens with zero attached hydrogens (tertiary/aromatic N) is 1. The second-order valence-corrected chi connectivity index (χ2v) is 3.90. The Labute approximate surface area is 98.5 Å². The zero-order valence-corrected chi connectivity index (χ0v) is 9.89. The van der Waals surface area contributed by atoms with Crippen LogP contribution in [0.4, 0.5) is 5.69 Å². The van der Waals surface area contributed by atoms with Crippen LogP contribution in [0, 0.1) is 10.1 Å². The molecule has 0 spiro atoms. The van der Waals surface area contributed by atoms with Gasteiger partial charge in [-0.3, -0.25) is 14.9 Å². The summed E-state index contributed by atoms with van der Waals surface area (Å²) in [6.07, 6.45) is 0. The lowest BCUT2D eigenvalue weighted by Gasteiger charge is -2.11. The molecule has 0 aromatic heterocycles. The molecule has 0 atom stereocenters. The molecule has 0 aliphatic carbocycles. The van der Waals surface area contributed by atoms with Crippen LogP contribution in [0.25, 0.3) is 0 Å². The molecule has 6 nitrogen and oxygen atoms in total. The highest BCUT2D eigenvalue weighted by atomic mass is 16.6. The summed E-state index contributed by atoms with van der Waals surface area (Å²) in [5, 5.41) is 10.9. The van der Waals surface area contributed by atoms with E-state index >= 15 is 0 Å². The fraction of sp³-hybridized carbons (Fsp3) is 0.364. The SMILES string of the molecule is COc1c(C(N)=O)cc(C(C)C)cc1[N+](=O)[O-]. The first-order chi connectivity index (χ1) is 7.88. The van der Waals surface area contributed by atoms with Crippen molar-refractivity contribution < 1.29 is 14.5 Å². The van der Waals surface area contributed by atoms with Crippen molar-refractivity contribution in [3.63, 3.8) is 0 Å². The Bertz CT molecular complexity index is 434. The normalized spacial score (nSPS) is 10.4. The van der Waals surface area contributed by atoms with Crippen molar-refractivity contribution in [1.82, 2.24) is 0 Å². The van der Waals surface area contributed by atoms with E-state index in [0.29, 0.717) is 5.56 Å². The van der Waals surface area contributed by atoms with E-state index in [0.717, 1.165) is 0 Å². The van der Waals surface area contributed by atoms with E-state index < -0.39 is 10.8 Å². The van der Waals surface area contributed by atoms with Gasteiger partial charge in [-0.2, -0.15) is 0 Å². The molecule has 6 heteroatoms. The van der Waals surface area contributed by atoms with Crippen molar-refractivity contribution in [1.29, 1.82) is 0 Å². The molecule has 92 valence electrons. The van der Waals surface area contributed by atoms with Crippen molar-refractivity contribution in [2.24, 2.45) is 5.73 Å². The number of nitrogens with two attached hydrogens (primary N) is 1. The summed E-state index contributed by atoms with van der Waals surface area (Å²) in [5.41, 5.74) is 5.65. The molecule has 1 amide bonds. The number of amides is 1. The molecule has 0 saturated carbocycles. The molecule has 1 aromatic rings. The molecule has 0 radical (unpaired) electrons. The molecule has 0 aliphatic rings. The minimum Gasteiger partial charge on any atom is -0.490 e. The van der Waals surface area contributed by atoms with Crippen LogP contribution in [0.3, 0.4) is 0 Å². The minimum atomic E-state index is -0.743. The zero-order valence-electron chi connectivity index (χ0n) is 9.89. The first kappa shape index (κ1) is 13.0. The van der Waals surface area contributed by atoms with Gasteiger partial charge in [-0.05, 0) is 17.5 Å². The summed E-state index contributed by atoms with van der Waals surface area (Å²) < 4.78 is 4.89. The van der Waals surface area contributed by atoms with E-state index in [2.05, 4.69) is 0 Å². The number of benzene rings is 1. The Morgan fingerprint density at radius 2 is 2.06 bits per heavy atom. The fourth-order valence-corrected chi connectivity index (χ4v) is 1.50. The maximum absolute atomic E-state index is 11.2. The molecule has 1 aromatic carbocycles. The number of hydrogen-bond donors (Lipinski definition) is 1. The Morgan fingerprint density at radius 1 is 1.47 bits per heavy atom. The molecule has 0 unspecified atom stereocenters. The van der Waals surface area contributed by atoms with Crippen molar-refractivity contribution in [3.8, 4) is 5.75 Å². The van der Waals surface area contributed by atoms with Gasteiger partial charge in [0.25, 0.3) is 5.91 Å². The summed E-state index contributed by atoms with van der Waals surface area (Å²) in [6, 6.07) is 2.93. The number of ether oxygens (including phenoxy) is 1. The Kier molecular flexibility index (Phi) is 3.67. The number of hydrogen-bond acceptors (Lipinski definition) is 4. The van der Waals surface area contributed by atoms with Gasteiger partial charge in [-0.15, -0.1) is 0 Å². The third-order valence-corrected chi connectivity index (χ3v) is 2.42. The highest BCUT2D eigenvalue weighted by Crippen LogP contribution is 2.34. The largest absolute Gasteiger partial charge is 0.490 e. The topological polar surface area (TPSA) is 95.5 Å². The van der Waals surface area contributed by atoms with Gasteiger partial charge in [0.05, 0.1) is 17.6 Å². The predicted octanol–water partition coefficient (Wildman–Crippen LogP) is 1.83. The maximum Gasteiger partial charge on any atom is 0.312 e. The summed E-state index contributed by atoms with van der Waals surface area (Å²) in [6.45, 7) is 3.74. The minimum absolute atomic E-state index is 0.0328. The lowest BCUT2D eigenvalue weighted by atomic mass is 9.98. The quantitative estimate of drug-likeness (QED) is 0.639. The molecule has 0 heterocycles. The Hall–Kier alpha value is -2.11. The van der Waals surface area contributed by atoms with Crippen LogP contribution in [-0.4, -0.2) is 17.9 Å². The molecule has 0 saturated heterocycles. The Balaban J connectivity index is 3.57. The van der Waals surface area contributed by atoms with Crippen LogP contribution in [-0.2, 0) is 0 Å². The average Bonchev–Trinajstić information content (AvgIpc) is 2.26. The second kappa shape index (κ2) is 4.82. The molecule has 0 bridgehead atoms. The van der Waals surface area contributed by atoms with E-state index in [4.69, 9.17) is 10.5 Å². The number of primary amides is 1. The van der Waals surface area contributed by atoms with E-state index in [9.17, 15) is 14.9 Å². The monoisotopic (exact) mass is 238 g/mol. The predicted molar refractivity (Wildman–Crippen MR) is 62.3 cm³/mol. The van der Waals surface area contributed by atoms with Crippen LogP contribution in [0.1, 0.15) is 35.7 Å². The molecule has 17 heavy (non-hydrogen) atoms. The van der Waals surface area contributed by atoms with Crippen LogP contribution in [0.15, 0.2) is 12.1 Å². The van der Waals surface area contributed by atoms with Crippen molar-refractivity contribution >= 4 is 11.6 Å². The fourth-order valence-electron chi connectivity index (χ4n) is 1.50. The first-order valence-electron chi connectivity index (χ1n) is 5.04. The first-order valence-corrected chi connectivity index (χ1v) is 5.04. The molecule has 0 aliphatic heterocycles. The number of nitro benzene ring substituents is 1. The van der Waals surface area contributed by atoms with Gasteiger partial charge in [0.1, 0.15) is 0 Å². The van der Waals surface area contributed by atoms with Gasteiger partial charge >= 0.3 is 5.69 Å². The van der Waals surface area contributed by atoms with Crippen LogP contribution >= 0.6 is 0 Å². The van der Waals surface area contributed by atoms with E-state index in [1.54, 1.807) is 0 Å². The third-order valence-electron chi connectivity index (χ3n) is 2.42. The van der Waals surface area contributed by atoms with Gasteiger partial charge < -0.3 is 10.5 Å². The smallest absolute Gasteiger partial charge is 0.312 e. The third kappa shape index (κ3) is 2.52. The van der Waals surface area contributed by atoms with Gasteiger partial charge in [-0.1, -0.05) is 13.8 Å². The van der Waals surface area contributed by atoms with Crippen molar-refractivity contribution in [3.05, 3.63) is 33.4 Å². The number of carbonyl (C=O) groups is 1. The molecule has 2 N–H and O–H groups in total. The van der Waals surface area contributed by atoms with Gasteiger partial charge in [0.2, 0.25) is 5.75 Å². The lowest BCUT2D eigenvalue weighted by Crippen LogP contribution is -2.14. The highest BCUT2D eigenvalue weighted by Gasteiger charge is 2.23. The van der Waals surface area contributed by atoms with Gasteiger partial charge in [0.15, 0.2) is 0 Å². The second-order valence-electron chi connectivity index (χ2n) is 3.90. The lowest BCUT2D eigenvalue weighted by molar-refractivity contribution is -0.385. The van der Waals surface area contributed by atoms with Crippen LogP contribution < -0.4 is 10.5 Å². The highest BCUT2D eigenvalue weighted by molar-refractivity contribution is 5.97. The zero-order chi connectivity index (χ0) is 13.2. The standard InChI is InChI=1S/C11H14N2O4/c1-6(2)7-4-8(11(12)14)10(17-3)9(5-7)13(15)16/h4-6H,1-3H3,(H2,12,14). The average molecular weight is 238 g/mol. The van der Waals surface area contributed by atoms with Crippen molar-refractivity contribution in [2.45, 2.75) is 19.8 Å². The molecule has 0 fully saturated rings. The van der Waals surface area contributed by atoms with Crippen molar-refractivity contribution in [2.75, 3.05) is 7.11 Å². The molecular formula is C11H14N2O4. The summed E-state index contributed by atoms with van der Waals surface area (Å²) in [4.78, 5) is 21.6. The summed E-state index contributed by atoms with van der Waals surface area (Å²) >= 11 is 0. The van der Waals surface area contributed by atoms with Gasteiger partial charge in [-0.25, -0.2) is 0 Å². The number of carbonyl (C=O) groups excluding carboxylic acids is 1. The number of methoxy groups -OCH3 is 1. The summed E-state index contributed by atoms with van der Waals surface area (Å²) in [5.74, 6) is -0.781. The van der Waals surface area contributed by atoms with Crippen LogP contribution in [0.2, 0.25) is 0 Å². The van der Waals surface area contributed by atoms with Crippen LogP contribution in [0.5, 0.6) is 5.75 Å². The van der Waals surface area contributed by atoms with Gasteiger partial charge in [0, 0.05) is 6.07 Å². The maximum atomic E-state index is 11.2. The van der Waals surface area contributed by atoms with E-state index in [1.165, 1.54) is 19.2 Å². The number of rotatable bonds is 4. The molecular weight excluding hydrogens is 224 g/mol.